The van der Waals surface area contributed by atoms with Crippen LogP contribution in [0.2, 0.25) is 0 Å². The SMILES string of the molecule is CCCN1C(=O)[C@]2(c3ccccc31)c1c(oc3ccccc3c1=O)C(=O)N2CCO. The molecule has 3 aromatic rings. The largest absolute Gasteiger partial charge is 0.450 e. The summed E-state index contributed by atoms with van der Waals surface area (Å²) in [7, 11) is 0. The van der Waals surface area contributed by atoms with E-state index in [1.165, 1.54) is 4.90 Å². The first-order chi connectivity index (χ1) is 14.6. The third-order valence-corrected chi connectivity index (χ3v) is 5.91. The molecule has 1 spiro atoms. The Balaban J connectivity index is 1.93. The zero-order valence-electron chi connectivity index (χ0n) is 16.4. The lowest BCUT2D eigenvalue weighted by Gasteiger charge is -2.33. The highest BCUT2D eigenvalue weighted by atomic mass is 16.3. The molecule has 0 bridgehead atoms. The Morgan fingerprint density at radius 3 is 2.50 bits per heavy atom. The van der Waals surface area contributed by atoms with E-state index in [0.717, 1.165) is 0 Å². The number of nitrogens with zero attached hydrogens (tertiary/aromatic N) is 2. The first-order valence-electron chi connectivity index (χ1n) is 9.98. The fourth-order valence-corrected chi connectivity index (χ4v) is 4.78. The second-order valence-corrected chi connectivity index (χ2v) is 7.50. The van der Waals surface area contributed by atoms with E-state index in [0.29, 0.717) is 35.2 Å². The number of amides is 2. The number of rotatable bonds is 4. The van der Waals surface area contributed by atoms with Crippen LogP contribution in [0.1, 0.15) is 35.0 Å². The van der Waals surface area contributed by atoms with Gasteiger partial charge in [0.05, 0.1) is 23.2 Å². The fourth-order valence-electron chi connectivity index (χ4n) is 4.78. The van der Waals surface area contributed by atoms with Crippen LogP contribution in [-0.2, 0) is 10.3 Å². The van der Waals surface area contributed by atoms with E-state index in [2.05, 4.69) is 0 Å². The van der Waals surface area contributed by atoms with Crippen molar-refractivity contribution < 1.29 is 19.1 Å². The molecule has 0 saturated carbocycles. The van der Waals surface area contributed by atoms with Crippen molar-refractivity contribution in [1.82, 2.24) is 4.90 Å². The lowest BCUT2D eigenvalue weighted by Crippen LogP contribution is -2.54. The van der Waals surface area contributed by atoms with Gasteiger partial charge in [-0.2, -0.15) is 0 Å². The van der Waals surface area contributed by atoms with Crippen LogP contribution in [0.15, 0.2) is 57.7 Å². The lowest BCUT2D eigenvalue weighted by molar-refractivity contribution is -0.126. The third-order valence-electron chi connectivity index (χ3n) is 5.91. The average Bonchev–Trinajstić information content (AvgIpc) is 3.15. The van der Waals surface area contributed by atoms with Crippen molar-refractivity contribution in [3.05, 3.63) is 75.6 Å². The van der Waals surface area contributed by atoms with Gasteiger partial charge in [0.1, 0.15) is 5.58 Å². The Kier molecular flexibility index (Phi) is 4.04. The molecule has 5 rings (SSSR count). The van der Waals surface area contributed by atoms with Gasteiger partial charge in [0.2, 0.25) is 5.76 Å². The Bertz CT molecular complexity index is 1260. The normalized spacial score (nSPS) is 19.8. The van der Waals surface area contributed by atoms with Gasteiger partial charge in [-0.3, -0.25) is 14.4 Å². The third kappa shape index (κ3) is 2.10. The van der Waals surface area contributed by atoms with Crippen LogP contribution in [-0.4, -0.2) is 41.5 Å². The highest BCUT2D eigenvalue weighted by molar-refractivity contribution is 6.17. The molecule has 3 heterocycles. The summed E-state index contributed by atoms with van der Waals surface area (Å²) in [4.78, 5) is 43.8. The maximum atomic E-state index is 13.9. The average molecular weight is 404 g/mol. The topological polar surface area (TPSA) is 91.1 Å². The zero-order chi connectivity index (χ0) is 21.0. The molecule has 0 fully saturated rings. The van der Waals surface area contributed by atoms with Crippen LogP contribution in [0.4, 0.5) is 5.69 Å². The number of fused-ring (bicyclic) bond motifs is 5. The summed E-state index contributed by atoms with van der Waals surface area (Å²) in [6, 6.07) is 13.9. The van der Waals surface area contributed by atoms with Crippen molar-refractivity contribution in [2.24, 2.45) is 0 Å². The number of carbonyl (C=O) groups excluding carboxylic acids is 2. The molecule has 0 aliphatic carbocycles. The number of aliphatic hydroxyl groups excluding tert-OH is 1. The molecular formula is C23H20N2O5. The van der Waals surface area contributed by atoms with E-state index in [-0.39, 0.29) is 30.4 Å². The van der Waals surface area contributed by atoms with Gasteiger partial charge in [0.15, 0.2) is 11.0 Å². The summed E-state index contributed by atoms with van der Waals surface area (Å²) in [5.41, 5.74) is -0.476. The van der Waals surface area contributed by atoms with Gasteiger partial charge in [0.25, 0.3) is 11.8 Å². The molecule has 152 valence electrons. The van der Waals surface area contributed by atoms with Crippen molar-refractivity contribution in [3.63, 3.8) is 0 Å². The van der Waals surface area contributed by atoms with E-state index in [1.54, 1.807) is 41.3 Å². The first-order valence-corrected chi connectivity index (χ1v) is 9.98. The minimum absolute atomic E-state index is 0.0377. The Morgan fingerprint density at radius 2 is 1.73 bits per heavy atom. The number of carbonyl (C=O) groups is 2. The van der Waals surface area contributed by atoms with E-state index in [1.807, 2.05) is 19.1 Å². The van der Waals surface area contributed by atoms with E-state index < -0.39 is 16.9 Å². The summed E-state index contributed by atoms with van der Waals surface area (Å²) < 4.78 is 5.88. The van der Waals surface area contributed by atoms with E-state index >= 15 is 0 Å². The summed E-state index contributed by atoms with van der Waals surface area (Å²) in [5.74, 6) is -1.06. The number of hydrogen-bond donors (Lipinski definition) is 1. The van der Waals surface area contributed by atoms with Crippen molar-refractivity contribution in [2.75, 3.05) is 24.6 Å². The molecule has 30 heavy (non-hydrogen) atoms. The zero-order valence-corrected chi connectivity index (χ0v) is 16.4. The maximum Gasteiger partial charge on any atom is 0.291 e. The summed E-state index contributed by atoms with van der Waals surface area (Å²) >= 11 is 0. The van der Waals surface area contributed by atoms with Crippen molar-refractivity contribution in [1.29, 1.82) is 0 Å². The summed E-state index contributed by atoms with van der Waals surface area (Å²) in [6.07, 6.45) is 0.712. The lowest BCUT2D eigenvalue weighted by atomic mass is 9.84. The molecule has 7 heteroatoms. The summed E-state index contributed by atoms with van der Waals surface area (Å²) in [6.45, 7) is 1.96. The fraction of sp³-hybridized carbons (Fsp3) is 0.261. The van der Waals surface area contributed by atoms with Crippen LogP contribution in [0.3, 0.4) is 0 Å². The van der Waals surface area contributed by atoms with Crippen LogP contribution in [0.5, 0.6) is 0 Å². The van der Waals surface area contributed by atoms with Gasteiger partial charge in [-0.25, -0.2) is 0 Å². The van der Waals surface area contributed by atoms with Gasteiger partial charge in [-0.05, 0) is 24.6 Å². The standard InChI is InChI=1S/C23H20N2O5/c1-2-11-24-16-9-5-4-8-15(16)23(22(24)29)18-19(27)14-7-3-6-10-17(14)30-20(18)21(28)25(23)12-13-26/h3-10,26H,2,11-13H2,1H3/t23-/m0/s1. The Morgan fingerprint density at radius 1 is 1.00 bits per heavy atom. The number of hydrogen-bond acceptors (Lipinski definition) is 5. The highest BCUT2D eigenvalue weighted by Gasteiger charge is 2.64. The predicted octanol–water partition coefficient (Wildman–Crippen LogP) is 2.24. The van der Waals surface area contributed by atoms with E-state index in [4.69, 9.17) is 4.42 Å². The molecule has 7 nitrogen and oxygen atoms in total. The minimum atomic E-state index is -1.63. The number of aliphatic hydroxyl groups is 1. The molecule has 0 radical (unpaired) electrons. The van der Waals surface area contributed by atoms with Gasteiger partial charge >= 0.3 is 0 Å². The van der Waals surface area contributed by atoms with Crippen molar-refractivity contribution >= 4 is 28.5 Å². The number of benzene rings is 2. The van der Waals surface area contributed by atoms with Crippen molar-refractivity contribution in [3.8, 4) is 0 Å². The smallest absolute Gasteiger partial charge is 0.291 e. The minimum Gasteiger partial charge on any atom is -0.450 e. The molecule has 1 N–H and O–H groups in total. The maximum absolute atomic E-state index is 13.9. The molecule has 2 aliphatic rings. The van der Waals surface area contributed by atoms with Gasteiger partial charge in [-0.1, -0.05) is 37.3 Å². The molecule has 1 atom stereocenters. The second kappa shape index (κ2) is 6.53. The molecule has 2 amide bonds. The molecule has 1 aromatic heterocycles. The van der Waals surface area contributed by atoms with Gasteiger partial charge < -0.3 is 19.3 Å². The van der Waals surface area contributed by atoms with Crippen molar-refractivity contribution in [2.45, 2.75) is 18.9 Å². The van der Waals surface area contributed by atoms with Gasteiger partial charge in [0, 0.05) is 18.7 Å². The monoisotopic (exact) mass is 404 g/mol. The van der Waals surface area contributed by atoms with Crippen LogP contribution >= 0.6 is 0 Å². The second-order valence-electron chi connectivity index (χ2n) is 7.50. The van der Waals surface area contributed by atoms with Gasteiger partial charge in [-0.15, -0.1) is 0 Å². The molecule has 2 aliphatic heterocycles. The molecule has 2 aromatic carbocycles. The summed E-state index contributed by atoms with van der Waals surface area (Å²) in [5, 5.41) is 10.0. The Hall–Kier alpha value is -3.45. The number of β-amino-alcohol motifs (C(OH)–C–C–N with tert-alkyl or cyclic N) is 1. The number of para-hydroxylation sites is 2. The molecule has 0 saturated heterocycles. The first kappa shape index (κ1) is 18.6. The predicted molar refractivity (Wildman–Crippen MR) is 110 cm³/mol. The molecule has 0 unspecified atom stereocenters. The Labute approximate surface area is 172 Å². The highest BCUT2D eigenvalue weighted by Crippen LogP contribution is 2.52. The molecular weight excluding hydrogens is 384 g/mol. The van der Waals surface area contributed by atoms with Crippen LogP contribution in [0, 0.1) is 0 Å². The van der Waals surface area contributed by atoms with Crippen LogP contribution in [0.25, 0.3) is 11.0 Å². The van der Waals surface area contributed by atoms with Crippen LogP contribution < -0.4 is 10.3 Å². The number of anilines is 1. The quantitative estimate of drug-likeness (QED) is 0.720. The van der Waals surface area contributed by atoms with E-state index in [9.17, 15) is 19.5 Å².